The summed E-state index contributed by atoms with van der Waals surface area (Å²) in [6.45, 7) is 6.21. The molecule has 0 saturated heterocycles. The lowest BCUT2D eigenvalue weighted by atomic mass is 10.1. The molecule has 90 valence electrons. The van der Waals surface area contributed by atoms with Gasteiger partial charge in [0.1, 0.15) is 5.82 Å². The molecule has 0 bridgehead atoms. The van der Waals surface area contributed by atoms with E-state index in [9.17, 15) is 4.39 Å². The van der Waals surface area contributed by atoms with Gasteiger partial charge in [0.25, 0.3) is 0 Å². The fourth-order valence-corrected chi connectivity index (χ4v) is 1.54. The lowest BCUT2D eigenvalue weighted by Gasteiger charge is -2.18. The SMILES string of the molecule is CC(C)CCN(C)Cc1ccc(N)c(F)c1. The van der Waals surface area contributed by atoms with Crippen molar-refractivity contribution in [3.05, 3.63) is 29.6 Å². The number of nitrogen functional groups attached to an aromatic ring is 1. The average Bonchev–Trinajstić information content (AvgIpc) is 2.21. The van der Waals surface area contributed by atoms with E-state index >= 15 is 0 Å². The normalized spacial score (nSPS) is 11.4. The van der Waals surface area contributed by atoms with Crippen LogP contribution in [0.15, 0.2) is 18.2 Å². The van der Waals surface area contributed by atoms with Crippen LogP contribution in [0.4, 0.5) is 10.1 Å². The summed E-state index contributed by atoms with van der Waals surface area (Å²) in [6, 6.07) is 5.02. The minimum Gasteiger partial charge on any atom is -0.396 e. The van der Waals surface area contributed by atoms with Gasteiger partial charge in [-0.25, -0.2) is 4.39 Å². The van der Waals surface area contributed by atoms with Gasteiger partial charge in [0.05, 0.1) is 5.69 Å². The molecule has 0 aliphatic rings. The largest absolute Gasteiger partial charge is 0.396 e. The summed E-state index contributed by atoms with van der Waals surface area (Å²) in [6.07, 6.45) is 1.16. The highest BCUT2D eigenvalue weighted by atomic mass is 19.1. The molecule has 0 saturated carbocycles. The lowest BCUT2D eigenvalue weighted by Crippen LogP contribution is -2.20. The summed E-state index contributed by atoms with van der Waals surface area (Å²) in [5.74, 6) is 0.375. The molecule has 1 rings (SSSR count). The van der Waals surface area contributed by atoms with E-state index in [-0.39, 0.29) is 11.5 Å². The van der Waals surface area contributed by atoms with Gasteiger partial charge in [-0.15, -0.1) is 0 Å². The highest BCUT2D eigenvalue weighted by Gasteiger charge is 2.04. The van der Waals surface area contributed by atoms with Crippen molar-refractivity contribution >= 4 is 5.69 Å². The molecule has 0 aliphatic heterocycles. The van der Waals surface area contributed by atoms with Crippen LogP contribution < -0.4 is 5.73 Å². The minimum absolute atomic E-state index is 0.216. The zero-order valence-electron chi connectivity index (χ0n) is 10.3. The number of benzene rings is 1. The van der Waals surface area contributed by atoms with Crippen molar-refractivity contribution in [1.29, 1.82) is 0 Å². The molecule has 0 aliphatic carbocycles. The van der Waals surface area contributed by atoms with Crippen molar-refractivity contribution in [2.75, 3.05) is 19.3 Å². The molecule has 1 aromatic carbocycles. The molecule has 0 amide bonds. The van der Waals surface area contributed by atoms with Crippen LogP contribution in [0.5, 0.6) is 0 Å². The number of halogens is 1. The molecule has 0 fully saturated rings. The van der Waals surface area contributed by atoms with Gasteiger partial charge in [-0.2, -0.15) is 0 Å². The fourth-order valence-electron chi connectivity index (χ4n) is 1.54. The number of rotatable bonds is 5. The lowest BCUT2D eigenvalue weighted by molar-refractivity contribution is 0.303. The van der Waals surface area contributed by atoms with E-state index < -0.39 is 0 Å². The molecular formula is C13H21FN2. The predicted octanol–water partition coefficient (Wildman–Crippen LogP) is 2.89. The fraction of sp³-hybridized carbons (Fsp3) is 0.538. The van der Waals surface area contributed by atoms with E-state index in [1.807, 2.05) is 6.07 Å². The monoisotopic (exact) mass is 224 g/mol. The Bertz CT molecular complexity index is 337. The van der Waals surface area contributed by atoms with E-state index in [2.05, 4.69) is 25.8 Å². The Kier molecular flexibility index (Phi) is 4.74. The van der Waals surface area contributed by atoms with E-state index in [4.69, 9.17) is 5.73 Å². The van der Waals surface area contributed by atoms with Crippen molar-refractivity contribution in [2.45, 2.75) is 26.8 Å². The Morgan fingerprint density at radius 2 is 2.06 bits per heavy atom. The molecule has 0 spiro atoms. The van der Waals surface area contributed by atoms with Gasteiger partial charge in [0, 0.05) is 6.54 Å². The quantitative estimate of drug-likeness (QED) is 0.779. The van der Waals surface area contributed by atoms with E-state index in [1.54, 1.807) is 6.07 Å². The average molecular weight is 224 g/mol. The van der Waals surface area contributed by atoms with Crippen molar-refractivity contribution in [2.24, 2.45) is 5.92 Å². The standard InChI is InChI=1S/C13H21FN2/c1-10(2)6-7-16(3)9-11-4-5-13(15)12(14)8-11/h4-5,8,10H,6-7,9,15H2,1-3H3. The second kappa shape index (κ2) is 5.85. The zero-order valence-corrected chi connectivity index (χ0v) is 10.3. The molecule has 16 heavy (non-hydrogen) atoms. The smallest absolute Gasteiger partial charge is 0.146 e. The van der Waals surface area contributed by atoms with Crippen LogP contribution >= 0.6 is 0 Å². The molecule has 1 aromatic rings. The first-order valence-corrected chi connectivity index (χ1v) is 5.71. The second-order valence-electron chi connectivity index (χ2n) is 4.78. The van der Waals surface area contributed by atoms with Gasteiger partial charge in [-0.05, 0) is 43.6 Å². The minimum atomic E-state index is -0.324. The summed E-state index contributed by atoms with van der Waals surface area (Å²) in [5, 5.41) is 0. The third-order valence-corrected chi connectivity index (χ3v) is 2.61. The Balaban J connectivity index is 2.49. The van der Waals surface area contributed by atoms with Crippen LogP contribution in [0.25, 0.3) is 0 Å². The Labute approximate surface area is 97.3 Å². The molecule has 0 unspecified atom stereocenters. The first kappa shape index (κ1) is 13.0. The zero-order chi connectivity index (χ0) is 12.1. The molecule has 0 aromatic heterocycles. The summed E-state index contributed by atoms with van der Waals surface area (Å²) in [4.78, 5) is 2.20. The van der Waals surface area contributed by atoms with Crippen LogP contribution in [-0.2, 0) is 6.54 Å². The van der Waals surface area contributed by atoms with Crippen molar-refractivity contribution in [1.82, 2.24) is 4.90 Å². The Morgan fingerprint density at radius 1 is 1.38 bits per heavy atom. The van der Waals surface area contributed by atoms with Crippen LogP contribution in [0.1, 0.15) is 25.8 Å². The summed E-state index contributed by atoms with van der Waals surface area (Å²) >= 11 is 0. The highest BCUT2D eigenvalue weighted by Crippen LogP contribution is 2.13. The van der Waals surface area contributed by atoms with Crippen LogP contribution in [0.3, 0.4) is 0 Å². The number of nitrogens with two attached hydrogens (primary N) is 1. The third-order valence-electron chi connectivity index (χ3n) is 2.61. The van der Waals surface area contributed by atoms with Gasteiger partial charge in [-0.1, -0.05) is 19.9 Å². The summed E-state index contributed by atoms with van der Waals surface area (Å²) in [7, 11) is 2.05. The maximum Gasteiger partial charge on any atom is 0.146 e. The van der Waals surface area contributed by atoms with Crippen LogP contribution in [-0.4, -0.2) is 18.5 Å². The highest BCUT2D eigenvalue weighted by molar-refractivity contribution is 5.41. The van der Waals surface area contributed by atoms with Gasteiger partial charge in [0.2, 0.25) is 0 Å². The van der Waals surface area contributed by atoms with E-state index in [0.717, 1.165) is 25.1 Å². The number of anilines is 1. The van der Waals surface area contributed by atoms with Crippen LogP contribution in [0, 0.1) is 11.7 Å². The van der Waals surface area contributed by atoms with Crippen molar-refractivity contribution in [3.8, 4) is 0 Å². The Hall–Kier alpha value is -1.09. The predicted molar refractivity (Wildman–Crippen MR) is 66.6 cm³/mol. The molecule has 2 nitrogen and oxygen atoms in total. The van der Waals surface area contributed by atoms with E-state index in [1.165, 1.54) is 6.07 Å². The van der Waals surface area contributed by atoms with E-state index in [0.29, 0.717) is 5.92 Å². The number of hydrogen-bond acceptors (Lipinski definition) is 2. The molecular weight excluding hydrogens is 203 g/mol. The molecule has 0 radical (unpaired) electrons. The first-order chi connectivity index (χ1) is 7.49. The summed E-state index contributed by atoms with van der Waals surface area (Å²) in [5.41, 5.74) is 6.62. The van der Waals surface area contributed by atoms with Gasteiger partial charge in [-0.3, -0.25) is 0 Å². The number of nitrogens with zero attached hydrogens (tertiary/aromatic N) is 1. The molecule has 3 heteroatoms. The maximum absolute atomic E-state index is 13.2. The van der Waals surface area contributed by atoms with Crippen molar-refractivity contribution < 1.29 is 4.39 Å². The van der Waals surface area contributed by atoms with Gasteiger partial charge in [0.15, 0.2) is 0 Å². The van der Waals surface area contributed by atoms with Gasteiger partial charge < -0.3 is 10.6 Å². The Morgan fingerprint density at radius 3 is 2.62 bits per heavy atom. The maximum atomic E-state index is 13.2. The molecule has 0 atom stereocenters. The number of hydrogen-bond donors (Lipinski definition) is 1. The first-order valence-electron chi connectivity index (χ1n) is 5.71. The topological polar surface area (TPSA) is 29.3 Å². The van der Waals surface area contributed by atoms with Gasteiger partial charge >= 0.3 is 0 Å². The molecule has 0 heterocycles. The molecule has 2 N–H and O–H groups in total. The van der Waals surface area contributed by atoms with Crippen molar-refractivity contribution in [3.63, 3.8) is 0 Å². The summed E-state index contributed by atoms with van der Waals surface area (Å²) < 4.78 is 13.2. The van der Waals surface area contributed by atoms with Crippen LogP contribution in [0.2, 0.25) is 0 Å². The second-order valence-corrected chi connectivity index (χ2v) is 4.78. The third kappa shape index (κ3) is 4.19.